The quantitative estimate of drug-likeness (QED) is 0.488. The Morgan fingerprint density at radius 2 is 1.83 bits per heavy atom. The lowest BCUT2D eigenvalue weighted by molar-refractivity contribution is 0.102. The molecule has 2 aromatic carbocycles. The maximum atomic E-state index is 12.9. The summed E-state index contributed by atoms with van der Waals surface area (Å²) in [6.45, 7) is 4.06. The number of carbonyl (C=O) groups is 1. The lowest BCUT2D eigenvalue weighted by atomic mass is 10.2. The molecule has 7 nitrogen and oxygen atoms in total. The van der Waals surface area contributed by atoms with Crippen LogP contribution in [0.4, 0.5) is 5.95 Å². The molecule has 0 aliphatic rings. The van der Waals surface area contributed by atoms with Crippen molar-refractivity contribution in [3.63, 3.8) is 0 Å². The van der Waals surface area contributed by atoms with Crippen LogP contribution in [0.15, 0.2) is 54.9 Å². The van der Waals surface area contributed by atoms with Crippen LogP contribution in [-0.4, -0.2) is 30.5 Å². The van der Waals surface area contributed by atoms with Gasteiger partial charge in [0.25, 0.3) is 5.91 Å². The monoisotopic (exact) mass is 440 g/mol. The van der Waals surface area contributed by atoms with Gasteiger partial charge in [-0.3, -0.25) is 10.1 Å². The Kier molecular flexibility index (Phi) is 5.57. The first kappa shape index (κ1) is 20.1. The summed E-state index contributed by atoms with van der Waals surface area (Å²) in [5.74, 6) is -0.106. The second-order valence-electron chi connectivity index (χ2n) is 6.75. The van der Waals surface area contributed by atoms with Crippen LogP contribution in [0.3, 0.4) is 0 Å². The highest BCUT2D eigenvalue weighted by Crippen LogP contribution is 2.22. The molecule has 9 heteroatoms. The number of aryl methyl sites for hydroxylation is 1. The highest BCUT2D eigenvalue weighted by molar-refractivity contribution is 6.35. The molecule has 0 saturated carbocycles. The number of benzene rings is 2. The lowest BCUT2D eigenvalue weighted by Crippen LogP contribution is -2.15. The normalized spacial score (nSPS) is 10.9. The van der Waals surface area contributed by atoms with Gasteiger partial charge in [0.2, 0.25) is 5.95 Å². The molecule has 0 aliphatic carbocycles. The molecule has 2 heterocycles. The first-order valence-corrected chi connectivity index (χ1v) is 9.94. The third-order valence-corrected chi connectivity index (χ3v) is 5.22. The molecule has 0 aliphatic heterocycles. The van der Waals surface area contributed by atoms with Crippen molar-refractivity contribution < 1.29 is 4.79 Å². The van der Waals surface area contributed by atoms with Crippen molar-refractivity contribution in [2.75, 3.05) is 5.32 Å². The molecule has 0 fully saturated rings. The fraction of sp³-hybridized carbons (Fsp3) is 0.143. The van der Waals surface area contributed by atoms with Gasteiger partial charge in [-0.25, -0.2) is 14.3 Å². The lowest BCUT2D eigenvalue weighted by Gasteiger charge is -2.05. The highest BCUT2D eigenvalue weighted by Gasteiger charge is 2.20. The highest BCUT2D eigenvalue weighted by atomic mass is 35.5. The number of rotatable bonds is 5. The van der Waals surface area contributed by atoms with Crippen LogP contribution in [-0.2, 0) is 6.54 Å². The smallest absolute Gasteiger partial charge is 0.261 e. The molecule has 0 spiro atoms. The summed E-state index contributed by atoms with van der Waals surface area (Å²) < 4.78 is 3.34. The molecular weight excluding hydrogens is 423 g/mol. The van der Waals surface area contributed by atoms with E-state index in [-0.39, 0.29) is 11.9 Å². The predicted molar refractivity (Wildman–Crippen MR) is 117 cm³/mol. The van der Waals surface area contributed by atoms with Crippen LogP contribution in [0, 0.1) is 13.8 Å². The average molecular weight is 441 g/mol. The Labute approximate surface area is 183 Å². The predicted octanol–water partition coefficient (Wildman–Crippen LogP) is 4.69. The molecule has 1 amide bonds. The molecule has 2 aromatic heterocycles. The SMILES string of the molecule is Cc1nn(-c2ccccc2)c(C)c1C(=O)Nc1ncn(Cc2ccc(Cl)cc2Cl)n1. The number of nitrogens with one attached hydrogen (secondary N) is 1. The fourth-order valence-electron chi connectivity index (χ4n) is 3.21. The van der Waals surface area contributed by atoms with E-state index in [4.69, 9.17) is 23.2 Å². The minimum atomic E-state index is -0.311. The van der Waals surface area contributed by atoms with Gasteiger partial charge >= 0.3 is 0 Å². The van der Waals surface area contributed by atoms with Crippen molar-refractivity contribution in [3.05, 3.63) is 87.4 Å². The zero-order valence-electron chi connectivity index (χ0n) is 16.3. The zero-order chi connectivity index (χ0) is 21.3. The van der Waals surface area contributed by atoms with E-state index in [9.17, 15) is 4.79 Å². The van der Waals surface area contributed by atoms with E-state index in [2.05, 4.69) is 20.5 Å². The Morgan fingerprint density at radius 3 is 2.57 bits per heavy atom. The molecular formula is C21H18Cl2N6O. The van der Waals surface area contributed by atoms with Crippen LogP contribution in [0.25, 0.3) is 5.69 Å². The van der Waals surface area contributed by atoms with Crippen LogP contribution in [0.5, 0.6) is 0 Å². The summed E-state index contributed by atoms with van der Waals surface area (Å²) in [4.78, 5) is 17.0. The minimum Gasteiger partial charge on any atom is -0.289 e. The van der Waals surface area contributed by atoms with Gasteiger partial charge in [-0.05, 0) is 43.7 Å². The third-order valence-electron chi connectivity index (χ3n) is 4.63. The summed E-state index contributed by atoms with van der Waals surface area (Å²) in [5.41, 5.74) is 3.60. The van der Waals surface area contributed by atoms with E-state index >= 15 is 0 Å². The third kappa shape index (κ3) is 4.08. The summed E-state index contributed by atoms with van der Waals surface area (Å²) >= 11 is 12.1. The van der Waals surface area contributed by atoms with E-state index in [0.717, 1.165) is 16.9 Å². The van der Waals surface area contributed by atoms with Crippen LogP contribution < -0.4 is 5.32 Å². The van der Waals surface area contributed by atoms with E-state index in [1.807, 2.05) is 43.3 Å². The van der Waals surface area contributed by atoms with Crippen LogP contribution in [0.2, 0.25) is 10.0 Å². The molecule has 4 aromatic rings. The van der Waals surface area contributed by atoms with Gasteiger partial charge in [-0.1, -0.05) is 47.5 Å². The average Bonchev–Trinajstić information content (AvgIpc) is 3.28. The van der Waals surface area contributed by atoms with Gasteiger partial charge in [0, 0.05) is 10.0 Å². The standard InChI is InChI=1S/C21H18Cl2N6O/c1-13-19(14(2)29(26-13)17-6-4-3-5-7-17)20(30)25-21-24-12-28(27-21)11-15-8-9-16(22)10-18(15)23/h3-10,12H,11H2,1-2H3,(H,25,27,30). The van der Waals surface area contributed by atoms with Crippen LogP contribution >= 0.6 is 23.2 Å². The topological polar surface area (TPSA) is 77.6 Å². The molecule has 0 unspecified atom stereocenters. The zero-order valence-corrected chi connectivity index (χ0v) is 17.8. The minimum absolute atomic E-state index is 0.205. The van der Waals surface area contributed by atoms with Gasteiger partial charge in [0.15, 0.2) is 0 Å². The first-order chi connectivity index (χ1) is 14.4. The summed E-state index contributed by atoms with van der Waals surface area (Å²) in [6.07, 6.45) is 1.54. The summed E-state index contributed by atoms with van der Waals surface area (Å²) in [5, 5.41) is 12.7. The summed E-state index contributed by atoms with van der Waals surface area (Å²) in [7, 11) is 0. The van der Waals surface area contributed by atoms with E-state index in [0.29, 0.717) is 27.8 Å². The molecule has 4 rings (SSSR count). The van der Waals surface area contributed by atoms with Crippen molar-refractivity contribution in [2.45, 2.75) is 20.4 Å². The maximum absolute atomic E-state index is 12.9. The Bertz CT molecular complexity index is 1220. The van der Waals surface area contributed by atoms with Gasteiger partial charge < -0.3 is 0 Å². The molecule has 0 bridgehead atoms. The number of amides is 1. The largest absolute Gasteiger partial charge is 0.289 e. The van der Waals surface area contributed by atoms with E-state index < -0.39 is 0 Å². The van der Waals surface area contributed by atoms with Crippen molar-refractivity contribution in [1.29, 1.82) is 0 Å². The van der Waals surface area contributed by atoms with Gasteiger partial charge in [-0.2, -0.15) is 5.10 Å². The van der Waals surface area contributed by atoms with Gasteiger partial charge in [0.1, 0.15) is 6.33 Å². The van der Waals surface area contributed by atoms with Crippen molar-refractivity contribution in [2.24, 2.45) is 0 Å². The molecule has 152 valence electrons. The molecule has 0 radical (unpaired) electrons. The number of para-hydroxylation sites is 1. The number of aromatic nitrogens is 5. The fourth-order valence-corrected chi connectivity index (χ4v) is 3.68. The second-order valence-corrected chi connectivity index (χ2v) is 7.59. The molecule has 30 heavy (non-hydrogen) atoms. The van der Waals surface area contributed by atoms with Crippen molar-refractivity contribution in [1.82, 2.24) is 24.5 Å². The second kappa shape index (κ2) is 8.30. The Hall–Kier alpha value is -3.16. The number of hydrogen-bond donors (Lipinski definition) is 1. The van der Waals surface area contributed by atoms with E-state index in [1.54, 1.807) is 28.4 Å². The van der Waals surface area contributed by atoms with Gasteiger partial charge in [-0.15, -0.1) is 5.10 Å². The molecule has 0 atom stereocenters. The maximum Gasteiger partial charge on any atom is 0.261 e. The van der Waals surface area contributed by atoms with Gasteiger partial charge in [0.05, 0.1) is 29.2 Å². The van der Waals surface area contributed by atoms with Crippen LogP contribution in [0.1, 0.15) is 27.3 Å². The Balaban J connectivity index is 1.52. The molecule has 0 saturated heterocycles. The number of halogens is 2. The number of anilines is 1. The number of carbonyl (C=O) groups excluding carboxylic acids is 1. The first-order valence-electron chi connectivity index (χ1n) is 9.19. The summed E-state index contributed by atoms with van der Waals surface area (Å²) in [6, 6.07) is 14.9. The van der Waals surface area contributed by atoms with E-state index in [1.165, 1.54) is 6.33 Å². The number of nitrogens with zero attached hydrogens (tertiary/aromatic N) is 5. The number of hydrogen-bond acceptors (Lipinski definition) is 4. The molecule has 1 N–H and O–H groups in total. The van der Waals surface area contributed by atoms with Crippen molar-refractivity contribution >= 4 is 35.1 Å². The van der Waals surface area contributed by atoms with Crippen molar-refractivity contribution in [3.8, 4) is 5.69 Å². The Morgan fingerprint density at radius 1 is 1.07 bits per heavy atom.